The first-order chi connectivity index (χ1) is 18.3. The predicted molar refractivity (Wildman–Crippen MR) is 145 cm³/mol. The minimum Gasteiger partial charge on any atom is -0.495 e. The first-order valence-electron chi connectivity index (χ1n) is 12.1. The highest BCUT2D eigenvalue weighted by Gasteiger charge is 2.33. The summed E-state index contributed by atoms with van der Waals surface area (Å²) in [6.45, 7) is 0.0796. The molecule has 202 valence electrons. The predicted octanol–water partition coefficient (Wildman–Crippen LogP) is 5.94. The van der Waals surface area contributed by atoms with Gasteiger partial charge in [-0.15, -0.1) is 0 Å². The molecule has 0 bridgehead atoms. The second-order valence-corrected chi connectivity index (χ2v) is 11.6. The van der Waals surface area contributed by atoms with Crippen molar-refractivity contribution in [2.75, 3.05) is 13.3 Å². The van der Waals surface area contributed by atoms with Gasteiger partial charge >= 0.3 is 12.1 Å². The molecule has 0 aliphatic rings. The molecular formula is C28H31ClNO7P. The van der Waals surface area contributed by atoms with Gasteiger partial charge in [0.15, 0.2) is 0 Å². The van der Waals surface area contributed by atoms with Crippen LogP contribution >= 0.6 is 19.0 Å². The summed E-state index contributed by atoms with van der Waals surface area (Å²) < 4.78 is 29.3. The Labute approximate surface area is 227 Å². The van der Waals surface area contributed by atoms with Crippen LogP contribution in [0.1, 0.15) is 29.5 Å². The van der Waals surface area contributed by atoms with Crippen molar-refractivity contribution in [3.05, 3.63) is 101 Å². The first-order valence-corrected chi connectivity index (χ1v) is 14.4. The summed E-state index contributed by atoms with van der Waals surface area (Å²) in [6.07, 6.45) is -1.12. The molecule has 2 unspecified atom stereocenters. The fraction of sp³-hybridized carbons (Fsp3) is 0.286. The molecule has 0 heterocycles. The van der Waals surface area contributed by atoms with E-state index >= 15 is 0 Å². The number of ether oxygens (including phenoxy) is 3. The van der Waals surface area contributed by atoms with Crippen LogP contribution in [0.2, 0.25) is 5.02 Å². The maximum Gasteiger partial charge on any atom is 0.408 e. The van der Waals surface area contributed by atoms with Gasteiger partial charge in [-0.25, -0.2) is 4.79 Å². The number of methoxy groups -OCH3 is 1. The van der Waals surface area contributed by atoms with Crippen molar-refractivity contribution in [1.82, 2.24) is 5.32 Å². The summed E-state index contributed by atoms with van der Waals surface area (Å²) in [7, 11) is -2.55. The molecule has 10 heteroatoms. The summed E-state index contributed by atoms with van der Waals surface area (Å²) >= 11 is 6.17. The molecule has 8 nitrogen and oxygen atoms in total. The smallest absolute Gasteiger partial charge is 0.408 e. The van der Waals surface area contributed by atoms with Gasteiger partial charge in [-0.2, -0.15) is 0 Å². The van der Waals surface area contributed by atoms with E-state index in [-0.39, 0.29) is 38.6 Å². The van der Waals surface area contributed by atoms with Gasteiger partial charge in [0, 0.05) is 12.6 Å². The Morgan fingerprint density at radius 2 is 1.53 bits per heavy atom. The van der Waals surface area contributed by atoms with Crippen LogP contribution in [0.15, 0.2) is 78.9 Å². The molecule has 0 aliphatic carbocycles. The number of halogens is 1. The summed E-state index contributed by atoms with van der Waals surface area (Å²) in [5.74, 6) is -1.35. The summed E-state index contributed by atoms with van der Waals surface area (Å²) in [6, 6.07) is 23.4. The Morgan fingerprint density at radius 3 is 2.13 bits per heavy atom. The van der Waals surface area contributed by atoms with Gasteiger partial charge < -0.3 is 24.4 Å². The molecule has 2 N–H and O–H groups in total. The number of nitrogens with one attached hydrogen (secondary N) is 1. The summed E-state index contributed by atoms with van der Waals surface area (Å²) in [4.78, 5) is 35.9. The minimum atomic E-state index is -4.01. The van der Waals surface area contributed by atoms with Crippen LogP contribution in [0.25, 0.3) is 0 Å². The molecule has 0 saturated heterocycles. The van der Waals surface area contributed by atoms with Crippen LogP contribution in [-0.4, -0.2) is 36.0 Å². The number of alkyl carbamates (subject to hydrolysis) is 1. The van der Waals surface area contributed by atoms with Gasteiger partial charge in [0.05, 0.1) is 12.1 Å². The van der Waals surface area contributed by atoms with Crippen molar-refractivity contribution in [3.8, 4) is 5.75 Å². The highest BCUT2D eigenvalue weighted by atomic mass is 35.5. The maximum absolute atomic E-state index is 13.4. The maximum atomic E-state index is 13.4. The molecule has 0 aromatic heterocycles. The molecule has 0 radical (unpaired) electrons. The standard InChI is InChI=1S/C28H31ClNO7P/c1-35-27-23(13-8-14-24(27)29)17-18-38(33,34)25(30-28(32)37-20-22-11-6-3-7-12-22)15-16-26(31)36-19-21-9-4-2-5-10-21/h2-14,25H,15-20H2,1H3,(H,30,32)(H,33,34). The van der Waals surface area contributed by atoms with E-state index in [2.05, 4.69) is 5.32 Å². The van der Waals surface area contributed by atoms with Crippen LogP contribution in [0, 0.1) is 0 Å². The molecule has 0 fully saturated rings. The van der Waals surface area contributed by atoms with Crippen LogP contribution in [-0.2, 0) is 38.5 Å². The largest absolute Gasteiger partial charge is 0.495 e. The quantitative estimate of drug-likeness (QED) is 0.197. The molecule has 2 atom stereocenters. The summed E-state index contributed by atoms with van der Waals surface area (Å²) in [5.41, 5.74) is 2.24. The SMILES string of the molecule is COc1c(Cl)cccc1CCP(=O)(O)C(CCC(=O)OCc1ccccc1)NC(=O)OCc1ccccc1. The van der Waals surface area contributed by atoms with Crippen LogP contribution in [0.5, 0.6) is 5.75 Å². The topological polar surface area (TPSA) is 111 Å². The van der Waals surface area contributed by atoms with E-state index in [0.717, 1.165) is 11.1 Å². The zero-order chi connectivity index (χ0) is 27.4. The second-order valence-electron chi connectivity index (χ2n) is 8.57. The van der Waals surface area contributed by atoms with E-state index < -0.39 is 25.2 Å². The number of carbonyl (C=O) groups excluding carboxylic acids is 2. The first kappa shape index (κ1) is 29.2. The molecule has 3 aromatic carbocycles. The van der Waals surface area contributed by atoms with E-state index in [1.165, 1.54) is 7.11 Å². The fourth-order valence-corrected chi connectivity index (χ4v) is 5.74. The van der Waals surface area contributed by atoms with Gasteiger partial charge in [0.1, 0.15) is 24.7 Å². The molecule has 3 aromatic rings. The van der Waals surface area contributed by atoms with E-state index in [1.54, 1.807) is 30.3 Å². The number of esters is 1. The average molecular weight is 560 g/mol. The normalized spacial score (nSPS) is 13.1. The third-order valence-corrected chi connectivity index (χ3v) is 8.33. The zero-order valence-corrected chi connectivity index (χ0v) is 22.7. The van der Waals surface area contributed by atoms with E-state index in [9.17, 15) is 19.0 Å². The third-order valence-electron chi connectivity index (χ3n) is 5.80. The van der Waals surface area contributed by atoms with Gasteiger partial charge in [0.2, 0.25) is 7.37 Å². The van der Waals surface area contributed by atoms with Crippen molar-refractivity contribution in [1.29, 1.82) is 0 Å². The van der Waals surface area contributed by atoms with Crippen molar-refractivity contribution in [2.24, 2.45) is 0 Å². The van der Waals surface area contributed by atoms with Gasteiger partial charge in [-0.1, -0.05) is 84.4 Å². The van der Waals surface area contributed by atoms with E-state index in [0.29, 0.717) is 16.3 Å². The van der Waals surface area contributed by atoms with Crippen LogP contribution in [0.3, 0.4) is 0 Å². The fourth-order valence-electron chi connectivity index (χ4n) is 3.76. The van der Waals surface area contributed by atoms with E-state index in [1.807, 2.05) is 48.5 Å². The highest BCUT2D eigenvalue weighted by Crippen LogP contribution is 2.48. The molecule has 0 spiro atoms. The number of hydrogen-bond acceptors (Lipinski definition) is 6. The number of carbonyl (C=O) groups is 2. The van der Waals surface area contributed by atoms with Crippen LogP contribution < -0.4 is 10.1 Å². The van der Waals surface area contributed by atoms with Gasteiger partial charge in [-0.05, 0) is 35.6 Å². The molecule has 38 heavy (non-hydrogen) atoms. The van der Waals surface area contributed by atoms with Crippen molar-refractivity contribution in [3.63, 3.8) is 0 Å². The number of aryl methyl sites for hydroxylation is 1. The van der Waals surface area contributed by atoms with Crippen molar-refractivity contribution < 1.29 is 33.3 Å². The molecule has 1 amide bonds. The number of rotatable bonds is 13. The highest BCUT2D eigenvalue weighted by molar-refractivity contribution is 7.58. The summed E-state index contributed by atoms with van der Waals surface area (Å²) in [5, 5.41) is 2.88. The van der Waals surface area contributed by atoms with Gasteiger partial charge in [-0.3, -0.25) is 9.36 Å². The Kier molecular flexibility index (Phi) is 11.2. The third kappa shape index (κ3) is 9.21. The lowest BCUT2D eigenvalue weighted by Gasteiger charge is -2.24. The average Bonchev–Trinajstić information content (AvgIpc) is 2.93. The lowest BCUT2D eigenvalue weighted by atomic mass is 10.1. The lowest BCUT2D eigenvalue weighted by molar-refractivity contribution is -0.145. The van der Waals surface area contributed by atoms with E-state index in [4.69, 9.17) is 25.8 Å². The monoisotopic (exact) mass is 559 g/mol. The Hall–Kier alpha value is -3.32. The Balaban J connectivity index is 1.65. The minimum absolute atomic E-state index is 0.00600. The molecule has 3 rings (SSSR count). The Bertz CT molecular complexity index is 1240. The van der Waals surface area contributed by atoms with Crippen molar-refractivity contribution in [2.45, 2.75) is 38.3 Å². The molecule has 0 saturated carbocycles. The zero-order valence-electron chi connectivity index (χ0n) is 21.0. The Morgan fingerprint density at radius 1 is 0.921 bits per heavy atom. The van der Waals surface area contributed by atoms with Gasteiger partial charge in [0.25, 0.3) is 0 Å². The number of amides is 1. The van der Waals surface area contributed by atoms with Crippen molar-refractivity contribution >= 4 is 31.0 Å². The number of para-hydroxylation sites is 1. The number of benzene rings is 3. The molecular weight excluding hydrogens is 529 g/mol. The second kappa shape index (κ2) is 14.6. The number of hydrogen-bond donors (Lipinski definition) is 2. The lowest BCUT2D eigenvalue weighted by Crippen LogP contribution is -2.36. The molecule has 0 aliphatic heterocycles. The van der Waals surface area contributed by atoms with Crippen LogP contribution in [0.4, 0.5) is 4.79 Å².